The van der Waals surface area contributed by atoms with Crippen molar-refractivity contribution in [3.05, 3.63) is 60.2 Å². The third-order valence-electron chi connectivity index (χ3n) is 1.96. The monoisotopic (exact) mass is 230 g/mol. The van der Waals surface area contributed by atoms with Crippen LogP contribution in [0.15, 0.2) is 54.6 Å². The van der Waals surface area contributed by atoms with E-state index in [-0.39, 0.29) is 0 Å². The molecule has 17 heavy (non-hydrogen) atoms. The van der Waals surface area contributed by atoms with Gasteiger partial charge in [-0.1, -0.05) is 18.2 Å². The highest BCUT2D eigenvalue weighted by molar-refractivity contribution is 5.87. The topological polar surface area (TPSA) is 89.3 Å². The first kappa shape index (κ1) is 12.6. The van der Waals surface area contributed by atoms with Crippen LogP contribution in [0, 0.1) is 0 Å². The molecule has 0 saturated carbocycles. The van der Waals surface area contributed by atoms with Gasteiger partial charge in [-0.05, 0) is 36.4 Å². The lowest BCUT2D eigenvalue weighted by Crippen LogP contribution is -1.93. The first-order valence-electron chi connectivity index (χ1n) is 4.99. The summed E-state index contributed by atoms with van der Waals surface area (Å²) < 4.78 is 0. The van der Waals surface area contributed by atoms with Crippen molar-refractivity contribution in [1.29, 1.82) is 0 Å². The molecule has 0 atom stereocenters. The van der Waals surface area contributed by atoms with E-state index in [0.717, 1.165) is 11.4 Å². The third-order valence-corrected chi connectivity index (χ3v) is 1.96. The van der Waals surface area contributed by atoms with E-state index in [1.807, 2.05) is 0 Å². The van der Waals surface area contributed by atoms with Gasteiger partial charge in [-0.2, -0.15) is 0 Å². The van der Waals surface area contributed by atoms with Crippen molar-refractivity contribution in [2.45, 2.75) is 0 Å². The zero-order valence-electron chi connectivity index (χ0n) is 9.21. The van der Waals surface area contributed by atoms with Gasteiger partial charge in [0.25, 0.3) is 0 Å². The molecule has 0 aliphatic rings. The quantitative estimate of drug-likeness (QED) is 0.655. The Morgan fingerprint density at radius 2 is 1.24 bits per heavy atom. The molecule has 0 saturated heterocycles. The Morgan fingerprint density at radius 3 is 1.53 bits per heavy atom. The molecule has 0 spiro atoms. The summed E-state index contributed by atoms with van der Waals surface area (Å²) in [4.78, 5) is 10.2. The molecule has 4 nitrogen and oxygen atoms in total. The van der Waals surface area contributed by atoms with E-state index in [1.165, 1.54) is 0 Å². The molecule has 0 fully saturated rings. The molecule has 0 amide bonds. The van der Waals surface area contributed by atoms with E-state index in [4.69, 9.17) is 16.6 Å². The molecule has 2 aromatic rings. The molecule has 0 bridgehead atoms. The number of aromatic carboxylic acids is 1. The summed E-state index contributed by atoms with van der Waals surface area (Å²) in [6.07, 6.45) is 0. The number of carboxylic acids is 1. The van der Waals surface area contributed by atoms with Gasteiger partial charge in [0.1, 0.15) is 0 Å². The average Bonchev–Trinajstić information content (AvgIpc) is 2.35. The van der Waals surface area contributed by atoms with Crippen LogP contribution in [0.25, 0.3) is 0 Å². The fraction of sp³-hybridized carbons (Fsp3) is 0. The van der Waals surface area contributed by atoms with Crippen LogP contribution in [-0.2, 0) is 0 Å². The number of anilines is 2. The van der Waals surface area contributed by atoms with Gasteiger partial charge in [0.2, 0.25) is 0 Å². The standard InChI is InChI=1S/C7H6O2.C6H8N2/c8-7(9)6-4-2-1-3-5-6;7-5-1-2-6(8)4-3-5/h1-5H,(H,8,9);1-4H,7-8H2. The second-order valence-electron chi connectivity index (χ2n) is 3.34. The van der Waals surface area contributed by atoms with Crippen LogP contribution >= 0.6 is 0 Å². The van der Waals surface area contributed by atoms with Crippen molar-refractivity contribution in [1.82, 2.24) is 0 Å². The van der Waals surface area contributed by atoms with E-state index in [9.17, 15) is 4.79 Å². The number of hydrogen-bond donors (Lipinski definition) is 3. The van der Waals surface area contributed by atoms with Gasteiger partial charge in [0.15, 0.2) is 0 Å². The maximum absolute atomic E-state index is 10.2. The minimum atomic E-state index is -0.879. The first-order valence-corrected chi connectivity index (χ1v) is 4.99. The molecule has 0 heterocycles. The summed E-state index contributed by atoms with van der Waals surface area (Å²) in [5.74, 6) is -0.879. The van der Waals surface area contributed by atoms with Crippen molar-refractivity contribution in [2.24, 2.45) is 0 Å². The molecule has 5 N–H and O–H groups in total. The molecule has 0 aromatic heterocycles. The van der Waals surface area contributed by atoms with Crippen LogP contribution < -0.4 is 11.5 Å². The maximum Gasteiger partial charge on any atom is 0.335 e. The fourth-order valence-electron chi connectivity index (χ4n) is 1.08. The van der Waals surface area contributed by atoms with Gasteiger partial charge >= 0.3 is 5.97 Å². The second-order valence-corrected chi connectivity index (χ2v) is 3.34. The van der Waals surface area contributed by atoms with E-state index in [1.54, 1.807) is 54.6 Å². The normalized spacial score (nSPS) is 8.94. The van der Waals surface area contributed by atoms with Crippen LogP contribution in [0.3, 0.4) is 0 Å². The minimum absolute atomic E-state index is 0.331. The predicted molar refractivity (Wildman–Crippen MR) is 68.7 cm³/mol. The number of hydrogen-bond acceptors (Lipinski definition) is 3. The highest BCUT2D eigenvalue weighted by Crippen LogP contribution is 2.04. The summed E-state index contributed by atoms with van der Waals surface area (Å²) >= 11 is 0. The largest absolute Gasteiger partial charge is 0.478 e. The number of benzene rings is 2. The molecule has 2 aromatic carbocycles. The zero-order valence-corrected chi connectivity index (χ0v) is 9.21. The van der Waals surface area contributed by atoms with Crippen molar-refractivity contribution in [3.63, 3.8) is 0 Å². The molecule has 0 radical (unpaired) electrons. The van der Waals surface area contributed by atoms with E-state index in [2.05, 4.69) is 0 Å². The third kappa shape index (κ3) is 4.70. The van der Waals surface area contributed by atoms with Crippen molar-refractivity contribution < 1.29 is 9.90 Å². The summed E-state index contributed by atoms with van der Waals surface area (Å²) in [6.45, 7) is 0. The lowest BCUT2D eigenvalue weighted by atomic mass is 10.2. The number of nitrogens with two attached hydrogens (primary N) is 2. The van der Waals surface area contributed by atoms with Crippen molar-refractivity contribution in [3.8, 4) is 0 Å². The number of carboxylic acid groups (broad SMARTS) is 1. The average molecular weight is 230 g/mol. The summed E-state index contributed by atoms with van der Waals surface area (Å²) in [6, 6.07) is 15.4. The first-order chi connectivity index (χ1) is 8.09. The summed E-state index contributed by atoms with van der Waals surface area (Å²) in [5, 5.41) is 8.38. The lowest BCUT2D eigenvalue weighted by Gasteiger charge is -1.90. The van der Waals surface area contributed by atoms with Crippen LogP contribution in [0.1, 0.15) is 10.4 Å². The molecule has 0 aliphatic carbocycles. The zero-order chi connectivity index (χ0) is 12.7. The molecule has 0 aliphatic heterocycles. The second kappa shape index (κ2) is 6.17. The molecule has 0 unspecified atom stereocenters. The Kier molecular flexibility index (Phi) is 4.57. The van der Waals surface area contributed by atoms with Gasteiger partial charge in [0, 0.05) is 11.4 Å². The Labute approximate surface area is 99.5 Å². The van der Waals surface area contributed by atoms with Crippen LogP contribution in [-0.4, -0.2) is 11.1 Å². The van der Waals surface area contributed by atoms with Crippen LogP contribution in [0.4, 0.5) is 11.4 Å². The minimum Gasteiger partial charge on any atom is -0.478 e. The molecule has 2 rings (SSSR count). The smallest absolute Gasteiger partial charge is 0.335 e. The maximum atomic E-state index is 10.2. The molecule has 88 valence electrons. The van der Waals surface area contributed by atoms with Gasteiger partial charge in [-0.15, -0.1) is 0 Å². The fourth-order valence-corrected chi connectivity index (χ4v) is 1.08. The lowest BCUT2D eigenvalue weighted by molar-refractivity contribution is 0.0697. The molecular formula is C13H14N2O2. The van der Waals surface area contributed by atoms with Crippen LogP contribution in [0.5, 0.6) is 0 Å². The highest BCUT2D eigenvalue weighted by atomic mass is 16.4. The van der Waals surface area contributed by atoms with E-state index >= 15 is 0 Å². The Bertz CT molecular complexity index is 446. The predicted octanol–water partition coefficient (Wildman–Crippen LogP) is 2.24. The Balaban J connectivity index is 0.000000171. The summed E-state index contributed by atoms with van der Waals surface area (Å²) in [7, 11) is 0. The van der Waals surface area contributed by atoms with Gasteiger partial charge in [-0.3, -0.25) is 0 Å². The van der Waals surface area contributed by atoms with Gasteiger partial charge < -0.3 is 16.6 Å². The Morgan fingerprint density at radius 1 is 0.824 bits per heavy atom. The number of rotatable bonds is 1. The van der Waals surface area contributed by atoms with Crippen molar-refractivity contribution in [2.75, 3.05) is 11.5 Å². The molecule has 4 heteroatoms. The van der Waals surface area contributed by atoms with Gasteiger partial charge in [-0.25, -0.2) is 4.79 Å². The SMILES string of the molecule is Nc1ccc(N)cc1.O=C(O)c1ccccc1. The van der Waals surface area contributed by atoms with Gasteiger partial charge in [0.05, 0.1) is 5.56 Å². The number of nitrogen functional groups attached to an aromatic ring is 2. The van der Waals surface area contributed by atoms with Crippen molar-refractivity contribution >= 4 is 17.3 Å². The number of carbonyl (C=O) groups is 1. The summed E-state index contributed by atoms with van der Waals surface area (Å²) in [5.41, 5.74) is 12.6. The van der Waals surface area contributed by atoms with E-state index < -0.39 is 5.97 Å². The molecular weight excluding hydrogens is 216 g/mol. The Hall–Kier alpha value is -2.49. The van der Waals surface area contributed by atoms with E-state index in [0.29, 0.717) is 5.56 Å². The van der Waals surface area contributed by atoms with Crippen LogP contribution in [0.2, 0.25) is 0 Å². The highest BCUT2D eigenvalue weighted by Gasteiger charge is 1.96.